The van der Waals surface area contributed by atoms with Crippen molar-refractivity contribution < 1.29 is 26.8 Å². The van der Waals surface area contributed by atoms with Crippen LogP contribution in [0.4, 0.5) is 0 Å². The van der Waals surface area contributed by atoms with Crippen LogP contribution in [0, 0.1) is 0 Å². The van der Waals surface area contributed by atoms with Crippen molar-refractivity contribution in [1.82, 2.24) is 15.1 Å². The summed E-state index contributed by atoms with van der Waals surface area (Å²) in [4.78, 5) is 12.3. The van der Waals surface area contributed by atoms with Crippen LogP contribution in [0.5, 0.6) is 0 Å². The lowest BCUT2D eigenvalue weighted by Crippen LogP contribution is -2.27. The molecular formula is C24H36IN3O6. The maximum atomic E-state index is 12.3. The molecule has 0 saturated carbocycles. The van der Waals surface area contributed by atoms with Crippen LogP contribution in [-0.2, 0) is 28.4 Å². The molecular weight excluding hydrogens is 553 g/mol. The van der Waals surface area contributed by atoms with Crippen molar-refractivity contribution in [1.29, 1.82) is 0 Å². The van der Waals surface area contributed by atoms with E-state index < -0.39 is 0 Å². The lowest BCUT2D eigenvalue weighted by Gasteiger charge is -2.13. The van der Waals surface area contributed by atoms with Gasteiger partial charge < -0.3 is 27.3 Å². The number of nitrogens with one attached hydrogen (secondary N) is 1. The Hall–Kier alpha value is -1.57. The number of benzene rings is 1. The highest BCUT2D eigenvalue weighted by Gasteiger charge is 2.11. The minimum Gasteiger partial charge on any atom is -0.377 e. The van der Waals surface area contributed by atoms with Crippen molar-refractivity contribution >= 4 is 28.9 Å². The van der Waals surface area contributed by atoms with Crippen LogP contribution in [0.1, 0.15) is 41.4 Å². The standard InChI is InChI=1S/C24H36IN3O6/c1-3-21-18-27-28(19-21)20(2)22-4-6-23(7-5-22)24(29)26-8-9-30-10-11-31-12-13-32-14-15-33-16-17-34-25/h4-7,18-20H,3,8-17H2,1-2H3,(H,26,29). The molecule has 1 N–H and O–H groups in total. The van der Waals surface area contributed by atoms with E-state index in [0.29, 0.717) is 71.6 Å². The molecule has 1 amide bonds. The summed E-state index contributed by atoms with van der Waals surface area (Å²) in [6.45, 7) is 9.27. The molecule has 0 aliphatic carbocycles. The van der Waals surface area contributed by atoms with Crippen LogP contribution < -0.4 is 5.32 Å². The van der Waals surface area contributed by atoms with Gasteiger partial charge in [-0.15, -0.1) is 0 Å². The molecule has 0 aliphatic heterocycles. The smallest absolute Gasteiger partial charge is 0.251 e. The summed E-state index contributed by atoms with van der Waals surface area (Å²) in [5.41, 5.74) is 2.94. The molecule has 0 radical (unpaired) electrons. The molecule has 1 atom stereocenters. The number of amides is 1. The van der Waals surface area contributed by atoms with Gasteiger partial charge in [-0.1, -0.05) is 19.1 Å². The predicted octanol–water partition coefficient (Wildman–Crippen LogP) is 3.22. The van der Waals surface area contributed by atoms with Crippen LogP contribution in [0.2, 0.25) is 0 Å². The summed E-state index contributed by atoms with van der Waals surface area (Å²) in [5.74, 6) is -0.116. The first-order valence-corrected chi connectivity index (χ1v) is 12.5. The van der Waals surface area contributed by atoms with Crippen molar-refractivity contribution in [2.24, 2.45) is 0 Å². The first-order chi connectivity index (χ1) is 16.7. The minimum atomic E-state index is -0.116. The largest absolute Gasteiger partial charge is 0.377 e. The first kappa shape index (κ1) is 28.7. The van der Waals surface area contributed by atoms with Gasteiger partial charge in [0.25, 0.3) is 5.91 Å². The summed E-state index contributed by atoms with van der Waals surface area (Å²) in [5, 5.41) is 7.30. The number of hydrogen-bond donors (Lipinski definition) is 1. The summed E-state index contributed by atoms with van der Waals surface area (Å²) < 4.78 is 28.4. The van der Waals surface area contributed by atoms with Crippen molar-refractivity contribution in [3.05, 3.63) is 53.3 Å². The van der Waals surface area contributed by atoms with E-state index in [1.807, 2.05) is 58.1 Å². The second-order valence-corrected chi connectivity index (χ2v) is 8.12. The van der Waals surface area contributed by atoms with E-state index in [2.05, 4.69) is 30.5 Å². The van der Waals surface area contributed by atoms with E-state index in [1.54, 1.807) is 0 Å². The minimum absolute atomic E-state index is 0.111. The van der Waals surface area contributed by atoms with Gasteiger partial charge in [0.2, 0.25) is 0 Å². The van der Waals surface area contributed by atoms with Gasteiger partial charge in [0.1, 0.15) is 23.0 Å². The number of nitrogens with zero attached hydrogens (tertiary/aromatic N) is 2. The molecule has 34 heavy (non-hydrogen) atoms. The number of hydrogen-bond acceptors (Lipinski definition) is 7. The molecule has 0 saturated heterocycles. The third-order valence-electron chi connectivity index (χ3n) is 5.07. The maximum absolute atomic E-state index is 12.3. The van der Waals surface area contributed by atoms with E-state index in [-0.39, 0.29) is 11.9 Å². The fraction of sp³-hybridized carbons (Fsp3) is 0.583. The summed E-state index contributed by atoms with van der Waals surface area (Å²) in [6.07, 6.45) is 4.92. The average Bonchev–Trinajstić information content (AvgIpc) is 3.35. The Balaban J connectivity index is 1.49. The topological polar surface area (TPSA) is 93.1 Å². The Morgan fingerprint density at radius 2 is 1.50 bits per heavy atom. The highest BCUT2D eigenvalue weighted by Crippen LogP contribution is 2.18. The number of aryl methyl sites for hydroxylation is 1. The van der Waals surface area contributed by atoms with Crippen LogP contribution in [0.3, 0.4) is 0 Å². The summed E-state index contributed by atoms with van der Waals surface area (Å²) in [6, 6.07) is 7.73. The van der Waals surface area contributed by atoms with Gasteiger partial charge in [-0.2, -0.15) is 5.10 Å². The molecule has 9 nitrogen and oxygen atoms in total. The van der Waals surface area contributed by atoms with Crippen molar-refractivity contribution in [3.63, 3.8) is 0 Å². The zero-order chi connectivity index (χ0) is 24.4. The lowest BCUT2D eigenvalue weighted by atomic mass is 10.1. The van der Waals surface area contributed by atoms with Gasteiger partial charge in [0.05, 0.1) is 71.7 Å². The van der Waals surface area contributed by atoms with E-state index in [1.165, 1.54) is 5.56 Å². The van der Waals surface area contributed by atoms with Gasteiger partial charge in [0.15, 0.2) is 0 Å². The van der Waals surface area contributed by atoms with Gasteiger partial charge in [0, 0.05) is 18.3 Å². The Morgan fingerprint density at radius 1 is 0.941 bits per heavy atom. The SMILES string of the molecule is CCc1cnn(C(C)c2ccc(C(=O)NCCOCCOCCOCCOCCOI)cc2)c1. The fourth-order valence-electron chi connectivity index (χ4n) is 3.03. The molecule has 0 aliphatic rings. The van der Waals surface area contributed by atoms with Crippen molar-refractivity contribution in [2.75, 3.05) is 66.0 Å². The summed E-state index contributed by atoms with van der Waals surface area (Å²) >= 11 is 1.84. The Labute approximate surface area is 216 Å². The normalized spacial score (nSPS) is 12.1. The van der Waals surface area contributed by atoms with E-state index in [4.69, 9.17) is 22.0 Å². The molecule has 2 rings (SSSR count). The number of rotatable bonds is 19. The van der Waals surface area contributed by atoms with Crippen LogP contribution >= 0.6 is 23.0 Å². The zero-order valence-corrected chi connectivity index (χ0v) is 22.2. The molecule has 1 unspecified atom stereocenters. The van der Waals surface area contributed by atoms with Gasteiger partial charge in [-0.05, 0) is 36.6 Å². The number of carbonyl (C=O) groups excluding carboxylic acids is 1. The second kappa shape index (κ2) is 17.8. The summed E-state index contributed by atoms with van der Waals surface area (Å²) in [7, 11) is 0. The van der Waals surface area contributed by atoms with Gasteiger partial charge in [-0.25, -0.2) is 0 Å². The molecule has 1 aromatic heterocycles. The van der Waals surface area contributed by atoms with Crippen LogP contribution in [0.25, 0.3) is 0 Å². The molecule has 0 spiro atoms. The third kappa shape index (κ3) is 11.2. The van der Waals surface area contributed by atoms with Crippen molar-refractivity contribution in [3.8, 4) is 0 Å². The molecule has 190 valence electrons. The number of aromatic nitrogens is 2. The Bertz CT molecular complexity index is 802. The fourth-order valence-corrected chi connectivity index (χ4v) is 3.21. The highest BCUT2D eigenvalue weighted by molar-refractivity contribution is 14.1. The maximum Gasteiger partial charge on any atom is 0.251 e. The van der Waals surface area contributed by atoms with Crippen LogP contribution in [0.15, 0.2) is 36.7 Å². The zero-order valence-electron chi connectivity index (χ0n) is 20.0. The van der Waals surface area contributed by atoms with E-state index >= 15 is 0 Å². The lowest BCUT2D eigenvalue weighted by molar-refractivity contribution is -0.00312. The highest BCUT2D eigenvalue weighted by atomic mass is 127. The van der Waals surface area contributed by atoms with Crippen molar-refractivity contribution in [2.45, 2.75) is 26.3 Å². The van der Waals surface area contributed by atoms with Gasteiger partial charge >= 0.3 is 0 Å². The molecule has 0 fully saturated rings. The average molecular weight is 589 g/mol. The van der Waals surface area contributed by atoms with Gasteiger partial charge in [-0.3, -0.25) is 9.48 Å². The first-order valence-electron chi connectivity index (χ1n) is 11.6. The monoisotopic (exact) mass is 589 g/mol. The number of carbonyl (C=O) groups is 1. The molecule has 0 bridgehead atoms. The van der Waals surface area contributed by atoms with Crippen LogP contribution in [-0.4, -0.2) is 81.7 Å². The second-order valence-electron chi connectivity index (χ2n) is 7.50. The quantitative estimate of drug-likeness (QED) is 0.199. The molecule has 1 aromatic carbocycles. The molecule has 1 heterocycles. The Kier molecular flexibility index (Phi) is 15.0. The van der Waals surface area contributed by atoms with E-state index in [0.717, 1.165) is 12.0 Å². The Morgan fingerprint density at radius 3 is 2.03 bits per heavy atom. The molecule has 10 heteroatoms. The predicted molar refractivity (Wildman–Crippen MR) is 137 cm³/mol. The molecule has 2 aromatic rings. The van der Waals surface area contributed by atoms with E-state index in [9.17, 15) is 4.79 Å². The third-order valence-corrected chi connectivity index (χ3v) is 5.51. The number of ether oxygens (including phenoxy) is 4. The number of halogens is 1.